The van der Waals surface area contributed by atoms with Crippen LogP contribution in [0.15, 0.2) is 59.1 Å². The van der Waals surface area contributed by atoms with Gasteiger partial charge < -0.3 is 14.8 Å². The monoisotopic (exact) mass is 504 g/mol. The lowest BCUT2D eigenvalue weighted by Gasteiger charge is -2.18. The average Bonchev–Trinajstić information content (AvgIpc) is 2.80. The fourth-order valence-corrected chi connectivity index (χ4v) is 4.61. The standard InChI is InChI=1S/C27H25BrN2O3/c1-15-11-16(2)25-19(12-15)24(17(3)26(30-25)18-9-7-6-8-10-18)27(31)29-21-14-22(32-4)20(28)13-23(21)33-5/h6-14H,1-5H3,(H,29,31). The second kappa shape index (κ2) is 9.24. The number of nitrogens with zero attached hydrogens (tertiary/aromatic N) is 1. The lowest BCUT2D eigenvalue weighted by Crippen LogP contribution is -2.16. The van der Waals surface area contributed by atoms with E-state index < -0.39 is 0 Å². The van der Waals surface area contributed by atoms with Gasteiger partial charge in [0, 0.05) is 23.1 Å². The van der Waals surface area contributed by atoms with Gasteiger partial charge in [0.05, 0.1) is 41.2 Å². The minimum atomic E-state index is -0.232. The van der Waals surface area contributed by atoms with Crippen LogP contribution in [-0.2, 0) is 0 Å². The van der Waals surface area contributed by atoms with E-state index >= 15 is 0 Å². The summed E-state index contributed by atoms with van der Waals surface area (Å²) >= 11 is 3.46. The maximum absolute atomic E-state index is 13.8. The Balaban J connectivity index is 1.93. The molecule has 3 aromatic carbocycles. The predicted molar refractivity (Wildman–Crippen MR) is 137 cm³/mol. The van der Waals surface area contributed by atoms with Gasteiger partial charge in [0.15, 0.2) is 0 Å². The number of carbonyl (C=O) groups is 1. The summed E-state index contributed by atoms with van der Waals surface area (Å²) in [5.41, 5.74) is 6.61. The molecule has 0 saturated carbocycles. The first kappa shape index (κ1) is 22.8. The van der Waals surface area contributed by atoms with Gasteiger partial charge in [-0.1, -0.05) is 42.0 Å². The Labute approximate surface area is 201 Å². The fraction of sp³-hybridized carbons (Fsp3) is 0.185. The molecule has 4 aromatic rings. The second-order valence-corrected chi connectivity index (χ2v) is 8.80. The largest absolute Gasteiger partial charge is 0.495 e. The zero-order valence-electron chi connectivity index (χ0n) is 19.2. The SMILES string of the molecule is COc1cc(NC(=O)c2c(C)c(-c3ccccc3)nc3c(C)cc(C)cc23)c(OC)cc1Br. The highest BCUT2D eigenvalue weighted by Gasteiger charge is 2.22. The second-order valence-electron chi connectivity index (χ2n) is 7.95. The molecule has 168 valence electrons. The van der Waals surface area contributed by atoms with Crippen LogP contribution in [-0.4, -0.2) is 25.1 Å². The number of benzene rings is 3. The molecule has 6 heteroatoms. The van der Waals surface area contributed by atoms with Crippen molar-refractivity contribution in [2.75, 3.05) is 19.5 Å². The molecule has 1 N–H and O–H groups in total. The van der Waals surface area contributed by atoms with Gasteiger partial charge in [-0.3, -0.25) is 4.79 Å². The molecule has 0 bridgehead atoms. The zero-order chi connectivity index (χ0) is 23.7. The van der Waals surface area contributed by atoms with Gasteiger partial charge in [-0.25, -0.2) is 4.98 Å². The van der Waals surface area contributed by atoms with Gasteiger partial charge in [-0.05, 0) is 53.9 Å². The Bertz CT molecular complexity index is 1370. The molecule has 1 amide bonds. The third-order valence-corrected chi connectivity index (χ3v) is 6.28. The van der Waals surface area contributed by atoms with Gasteiger partial charge in [0.2, 0.25) is 0 Å². The molecule has 0 atom stereocenters. The van der Waals surface area contributed by atoms with Crippen LogP contribution in [0.3, 0.4) is 0 Å². The topological polar surface area (TPSA) is 60.5 Å². The number of anilines is 1. The maximum Gasteiger partial charge on any atom is 0.256 e. The van der Waals surface area contributed by atoms with Gasteiger partial charge >= 0.3 is 0 Å². The lowest BCUT2D eigenvalue weighted by atomic mass is 9.94. The van der Waals surface area contributed by atoms with E-state index in [0.29, 0.717) is 22.7 Å². The van der Waals surface area contributed by atoms with Crippen LogP contribution >= 0.6 is 15.9 Å². The molecule has 0 aliphatic rings. The lowest BCUT2D eigenvalue weighted by molar-refractivity contribution is 0.102. The Morgan fingerprint density at radius 1 is 0.939 bits per heavy atom. The van der Waals surface area contributed by atoms with Gasteiger partial charge in [0.25, 0.3) is 5.91 Å². The van der Waals surface area contributed by atoms with E-state index in [1.54, 1.807) is 26.4 Å². The van der Waals surface area contributed by atoms with Crippen molar-refractivity contribution >= 4 is 38.4 Å². The number of aryl methyl sites for hydroxylation is 2. The molecule has 1 aromatic heterocycles. The quantitative estimate of drug-likeness (QED) is 0.322. The van der Waals surface area contributed by atoms with E-state index in [2.05, 4.69) is 27.3 Å². The molecule has 0 saturated heterocycles. The number of hydrogen-bond acceptors (Lipinski definition) is 4. The van der Waals surface area contributed by atoms with E-state index in [1.165, 1.54) is 0 Å². The molecule has 0 unspecified atom stereocenters. The number of aromatic nitrogens is 1. The first-order valence-electron chi connectivity index (χ1n) is 10.5. The molecule has 0 spiro atoms. The summed E-state index contributed by atoms with van der Waals surface area (Å²) in [6.45, 7) is 5.99. The van der Waals surface area contributed by atoms with Gasteiger partial charge in [-0.15, -0.1) is 0 Å². The zero-order valence-corrected chi connectivity index (χ0v) is 20.8. The number of pyridine rings is 1. The van der Waals surface area contributed by atoms with Gasteiger partial charge in [-0.2, -0.15) is 0 Å². The minimum Gasteiger partial charge on any atom is -0.495 e. The van der Waals surface area contributed by atoms with Crippen molar-refractivity contribution < 1.29 is 14.3 Å². The first-order chi connectivity index (χ1) is 15.8. The minimum absolute atomic E-state index is 0.232. The van der Waals surface area contributed by atoms with Crippen LogP contribution in [0, 0.1) is 20.8 Å². The Morgan fingerprint density at radius 3 is 2.30 bits per heavy atom. The van der Waals surface area contributed by atoms with Crippen LogP contribution in [0.5, 0.6) is 11.5 Å². The van der Waals surface area contributed by atoms with E-state index in [4.69, 9.17) is 14.5 Å². The summed E-state index contributed by atoms with van der Waals surface area (Å²) in [5, 5.41) is 3.86. The van der Waals surface area contributed by atoms with Crippen molar-refractivity contribution in [2.45, 2.75) is 20.8 Å². The summed E-state index contributed by atoms with van der Waals surface area (Å²) in [5.74, 6) is 0.895. The van der Waals surface area contributed by atoms with E-state index in [0.717, 1.165) is 43.3 Å². The number of hydrogen-bond donors (Lipinski definition) is 1. The molecule has 5 nitrogen and oxygen atoms in total. The first-order valence-corrected chi connectivity index (χ1v) is 11.3. The van der Waals surface area contributed by atoms with Crippen molar-refractivity contribution in [1.82, 2.24) is 4.98 Å². The number of ether oxygens (including phenoxy) is 2. The molecule has 0 aliphatic heterocycles. The van der Waals surface area contributed by atoms with E-state index in [-0.39, 0.29) is 5.91 Å². The number of methoxy groups -OCH3 is 2. The molecule has 4 rings (SSSR count). The number of rotatable bonds is 5. The Kier molecular flexibility index (Phi) is 6.38. The summed E-state index contributed by atoms with van der Waals surface area (Å²) in [6.07, 6.45) is 0. The number of halogens is 1. The van der Waals surface area contributed by atoms with Crippen LogP contribution in [0.2, 0.25) is 0 Å². The highest BCUT2D eigenvalue weighted by molar-refractivity contribution is 9.10. The van der Waals surface area contributed by atoms with Crippen molar-refractivity contribution in [2.24, 2.45) is 0 Å². The predicted octanol–water partition coefficient (Wildman–Crippen LogP) is 6.86. The van der Waals surface area contributed by atoms with Crippen molar-refractivity contribution in [3.8, 4) is 22.8 Å². The van der Waals surface area contributed by atoms with Gasteiger partial charge in [0.1, 0.15) is 11.5 Å². The number of carbonyl (C=O) groups excluding carboxylic acids is 1. The number of nitrogens with one attached hydrogen (secondary N) is 1. The van der Waals surface area contributed by atoms with Crippen LogP contribution < -0.4 is 14.8 Å². The Morgan fingerprint density at radius 2 is 1.64 bits per heavy atom. The molecule has 0 fully saturated rings. The highest BCUT2D eigenvalue weighted by Crippen LogP contribution is 2.37. The normalized spacial score (nSPS) is 10.8. The summed E-state index contributed by atoms with van der Waals surface area (Å²) in [6, 6.07) is 17.6. The van der Waals surface area contributed by atoms with Crippen molar-refractivity contribution in [3.63, 3.8) is 0 Å². The molecular weight excluding hydrogens is 480 g/mol. The van der Waals surface area contributed by atoms with Crippen LogP contribution in [0.1, 0.15) is 27.0 Å². The van der Waals surface area contributed by atoms with Crippen LogP contribution in [0.25, 0.3) is 22.2 Å². The highest BCUT2D eigenvalue weighted by atomic mass is 79.9. The van der Waals surface area contributed by atoms with E-state index in [9.17, 15) is 4.79 Å². The molecule has 1 heterocycles. The summed E-state index contributed by atoms with van der Waals surface area (Å²) in [7, 11) is 3.15. The number of fused-ring (bicyclic) bond motifs is 1. The Hall–Kier alpha value is -3.38. The molecule has 0 radical (unpaired) electrons. The summed E-state index contributed by atoms with van der Waals surface area (Å²) in [4.78, 5) is 18.7. The average molecular weight is 505 g/mol. The number of amides is 1. The molecular formula is C27H25BrN2O3. The third-order valence-electron chi connectivity index (χ3n) is 5.66. The van der Waals surface area contributed by atoms with Crippen molar-refractivity contribution in [1.29, 1.82) is 0 Å². The maximum atomic E-state index is 13.8. The van der Waals surface area contributed by atoms with Crippen LogP contribution in [0.4, 0.5) is 5.69 Å². The fourth-order valence-electron chi connectivity index (χ4n) is 4.13. The smallest absolute Gasteiger partial charge is 0.256 e. The summed E-state index contributed by atoms with van der Waals surface area (Å²) < 4.78 is 11.6. The van der Waals surface area contributed by atoms with Crippen molar-refractivity contribution in [3.05, 3.63) is 81.3 Å². The van der Waals surface area contributed by atoms with E-state index in [1.807, 2.05) is 57.2 Å². The molecule has 0 aliphatic carbocycles. The third kappa shape index (κ3) is 4.31. The molecule has 33 heavy (non-hydrogen) atoms.